The molecule has 14 heteroatoms. The Balaban J connectivity index is 0.000000145. The van der Waals surface area contributed by atoms with Crippen LogP contribution < -0.4 is 0 Å². The number of aromatic nitrogens is 4. The zero-order chi connectivity index (χ0) is 71.6. The van der Waals surface area contributed by atoms with Gasteiger partial charge in [-0.05, 0) is 115 Å². The third-order valence-electron chi connectivity index (χ3n) is 20.6. The van der Waals surface area contributed by atoms with Crippen LogP contribution in [0.5, 0.6) is 0 Å². The van der Waals surface area contributed by atoms with Gasteiger partial charge in [-0.15, -0.1) is 0 Å². The quantitative estimate of drug-likeness (QED) is 0.144. The van der Waals surface area contributed by atoms with Gasteiger partial charge in [0.15, 0.2) is 0 Å². The van der Waals surface area contributed by atoms with Crippen LogP contribution >= 0.6 is 0 Å². The van der Waals surface area contributed by atoms with Crippen LogP contribution in [-0.2, 0) is 0 Å². The van der Waals surface area contributed by atoms with Gasteiger partial charge in [0.1, 0.15) is 52.7 Å². The van der Waals surface area contributed by atoms with E-state index in [9.17, 15) is 36.8 Å². The van der Waals surface area contributed by atoms with E-state index < -0.39 is 0 Å². The molecule has 0 aliphatic rings. The number of hydrogen-bond donors (Lipinski definition) is 0. The predicted octanol–water partition coefficient (Wildman–Crippen LogP) is 22.5. The number of hydrogen-bond acceptors (Lipinski definition) is 9. The maximum atomic E-state index is 11.0. The molecule has 20 aromatic rings. The van der Waals surface area contributed by atoms with Crippen molar-refractivity contribution in [2.24, 2.45) is 0 Å². The van der Waals surface area contributed by atoms with E-state index in [0.717, 1.165) is 131 Å². The number of nitriles is 7. The molecule has 0 N–H and O–H groups in total. The first-order chi connectivity index (χ1) is 52.3. The van der Waals surface area contributed by atoms with Crippen molar-refractivity contribution in [1.82, 2.24) is 18.3 Å². The SMILES string of the molecule is N#Cc1cc(-n2c3ccccc3c3ccccc32)c(C#N)cc1-c1ccc(C#N)c(-n2c3ccccc3c3c4c(ccc32)oc2ccccc24)c1C#N.[C-]#[N+]c1cc(-c2ccc(C#N)c(-n3c4ccccc4c4c5oc6ccccc6c5ccc43)c2C#N)cc(C#N)c1-n1c2ccccc2c2ccccc21. The van der Waals surface area contributed by atoms with Crippen molar-refractivity contribution in [2.75, 3.05) is 0 Å². The minimum Gasteiger partial charge on any atom is -0.456 e. The topological polar surface area (TPSA) is 217 Å². The molecule has 0 spiro atoms. The second-order valence-electron chi connectivity index (χ2n) is 25.8. The van der Waals surface area contributed by atoms with E-state index in [-0.39, 0.29) is 16.8 Å². The Bertz CT molecular complexity index is 7580. The second kappa shape index (κ2) is 23.7. The minimum absolute atomic E-state index is 0.217. The van der Waals surface area contributed by atoms with Crippen LogP contribution in [0.4, 0.5) is 5.69 Å². The number of para-hydroxylation sites is 8. The van der Waals surface area contributed by atoms with Crippen molar-refractivity contribution in [2.45, 2.75) is 0 Å². The van der Waals surface area contributed by atoms with Gasteiger partial charge in [-0.25, -0.2) is 4.85 Å². The molecule has 0 radical (unpaired) electrons. The molecule has 0 saturated heterocycles. The molecule has 0 unspecified atom stereocenters. The molecule has 106 heavy (non-hydrogen) atoms. The maximum Gasteiger partial charge on any atom is 0.212 e. The van der Waals surface area contributed by atoms with Crippen LogP contribution in [-0.4, -0.2) is 18.3 Å². The van der Waals surface area contributed by atoms with E-state index in [1.54, 1.807) is 48.5 Å². The Morgan fingerprint density at radius 1 is 0.274 bits per heavy atom. The second-order valence-corrected chi connectivity index (χ2v) is 25.8. The molecule has 0 saturated carbocycles. The third-order valence-corrected chi connectivity index (χ3v) is 20.6. The smallest absolute Gasteiger partial charge is 0.212 e. The predicted molar refractivity (Wildman–Crippen MR) is 415 cm³/mol. The van der Waals surface area contributed by atoms with Crippen molar-refractivity contribution in [3.8, 4) is 87.5 Å². The van der Waals surface area contributed by atoms with Crippen molar-refractivity contribution < 1.29 is 8.83 Å². The summed E-state index contributed by atoms with van der Waals surface area (Å²) in [5, 5.41) is 86.6. The van der Waals surface area contributed by atoms with Crippen LogP contribution in [0.1, 0.15) is 38.9 Å². The van der Waals surface area contributed by atoms with E-state index in [2.05, 4.69) is 47.3 Å². The van der Waals surface area contributed by atoms with Gasteiger partial charge in [-0.2, -0.15) is 36.8 Å². The molecule has 0 aliphatic heterocycles. The molecule has 20 rings (SSSR count). The average molecular weight is 1350 g/mol. The van der Waals surface area contributed by atoms with Crippen molar-refractivity contribution in [3.63, 3.8) is 0 Å². The fraction of sp³-hybridized carbons (Fsp3) is 0. The fourth-order valence-electron chi connectivity index (χ4n) is 16.2. The van der Waals surface area contributed by atoms with Gasteiger partial charge < -0.3 is 27.1 Å². The largest absolute Gasteiger partial charge is 0.456 e. The Kier molecular flexibility index (Phi) is 13.6. The van der Waals surface area contributed by atoms with Gasteiger partial charge >= 0.3 is 0 Å². The Morgan fingerprint density at radius 3 is 1.25 bits per heavy atom. The molecule has 0 atom stereocenters. The average Bonchev–Trinajstić information content (AvgIpc) is 1.50. The van der Waals surface area contributed by atoms with Crippen LogP contribution in [0.3, 0.4) is 0 Å². The van der Waals surface area contributed by atoms with Gasteiger partial charge in [0.25, 0.3) is 0 Å². The van der Waals surface area contributed by atoms with E-state index in [4.69, 9.17) is 15.4 Å². The normalized spacial score (nSPS) is 11.3. The third kappa shape index (κ3) is 8.70. The fourth-order valence-corrected chi connectivity index (χ4v) is 16.2. The molecule has 6 heterocycles. The van der Waals surface area contributed by atoms with Crippen LogP contribution in [0, 0.1) is 85.9 Å². The summed E-state index contributed by atoms with van der Waals surface area (Å²) < 4.78 is 20.6. The molecule has 0 aliphatic carbocycles. The van der Waals surface area contributed by atoms with Gasteiger partial charge in [0.2, 0.25) is 5.69 Å². The first kappa shape index (κ1) is 60.9. The van der Waals surface area contributed by atoms with E-state index in [1.165, 1.54) is 0 Å². The van der Waals surface area contributed by atoms with Crippen molar-refractivity contribution >= 4 is 137 Å². The van der Waals surface area contributed by atoms with Gasteiger partial charge in [0.05, 0.1) is 130 Å². The van der Waals surface area contributed by atoms with E-state index in [1.807, 2.05) is 237 Å². The van der Waals surface area contributed by atoms with Gasteiger partial charge in [0, 0.05) is 75.9 Å². The lowest BCUT2D eigenvalue weighted by molar-refractivity contribution is 0.669. The molecular weight excluding hydrogens is 1310 g/mol. The first-order valence-corrected chi connectivity index (χ1v) is 33.8. The molecular formula is C92H44N12O2. The summed E-state index contributed by atoms with van der Waals surface area (Å²) in [5.74, 6) is 0. The standard InChI is InChI=1S/2C46H22N6O/c1-50-37-23-28(22-29(25-48)45(37)51-38-14-6-2-10-31(38)32-11-3-7-15-39(32)51)30-19-18-27(24-47)44(36(30)26-49)52-40-16-8-4-13-35(40)43-41(52)21-20-34-33-12-5-9-17-42(33)53-46(34)43;47-23-27-17-18-30(35-21-29(25-49)41(22-28(35)24-48)51-37-13-5-1-9-31(37)32-10-2-6-14-38(32)51)36(26-50)46(27)52-39-15-7-3-11-33(39)44-40(52)19-20-43-45(44)34-12-4-8-16-42(34)53-43/h2-23H;1-22H. The highest BCUT2D eigenvalue weighted by molar-refractivity contribution is 6.28. The van der Waals surface area contributed by atoms with E-state index >= 15 is 0 Å². The molecule has 14 aromatic carbocycles. The maximum absolute atomic E-state index is 11.0. The number of furan rings is 2. The Labute approximate surface area is 602 Å². The van der Waals surface area contributed by atoms with Gasteiger partial charge in [-0.3, -0.25) is 0 Å². The Hall–Kier alpha value is -16.2. The molecule has 0 amide bonds. The molecule has 0 fully saturated rings. The van der Waals surface area contributed by atoms with Crippen LogP contribution in [0.25, 0.3) is 181 Å². The number of benzene rings is 14. The van der Waals surface area contributed by atoms with Gasteiger partial charge in [-0.1, -0.05) is 158 Å². The minimum atomic E-state index is 0.217. The van der Waals surface area contributed by atoms with Crippen LogP contribution in [0.2, 0.25) is 0 Å². The number of rotatable bonds is 6. The Morgan fingerprint density at radius 2 is 0.708 bits per heavy atom. The summed E-state index contributed by atoms with van der Waals surface area (Å²) in [6.45, 7) is 8.32. The monoisotopic (exact) mass is 1350 g/mol. The highest BCUT2D eigenvalue weighted by Crippen LogP contribution is 2.48. The summed E-state index contributed by atoms with van der Waals surface area (Å²) >= 11 is 0. The lowest BCUT2D eigenvalue weighted by Crippen LogP contribution is -2.05. The molecule has 0 bridgehead atoms. The summed E-state index contributed by atoms with van der Waals surface area (Å²) in [5.41, 5.74) is 15.8. The van der Waals surface area contributed by atoms with Crippen molar-refractivity contribution in [3.05, 3.63) is 317 Å². The molecule has 484 valence electrons. The van der Waals surface area contributed by atoms with Crippen molar-refractivity contribution in [1.29, 1.82) is 36.8 Å². The summed E-state index contributed by atoms with van der Waals surface area (Å²) in [6, 6.07) is 102. The highest BCUT2D eigenvalue weighted by atomic mass is 16.3. The lowest BCUT2D eigenvalue weighted by Gasteiger charge is -2.17. The zero-order valence-electron chi connectivity index (χ0n) is 55.6. The van der Waals surface area contributed by atoms with Crippen LogP contribution in [0.15, 0.2) is 276 Å². The molecule has 6 aromatic heterocycles. The zero-order valence-corrected chi connectivity index (χ0v) is 55.6. The number of fused-ring (bicyclic) bond motifs is 20. The number of nitrogens with zero attached hydrogens (tertiary/aromatic N) is 12. The first-order valence-electron chi connectivity index (χ1n) is 33.8. The molecule has 14 nitrogen and oxygen atoms in total. The highest BCUT2D eigenvalue weighted by Gasteiger charge is 2.29. The summed E-state index contributed by atoms with van der Waals surface area (Å²) in [6.07, 6.45) is 0. The summed E-state index contributed by atoms with van der Waals surface area (Å²) in [7, 11) is 0. The lowest BCUT2D eigenvalue weighted by atomic mass is 9.91. The van der Waals surface area contributed by atoms with E-state index in [0.29, 0.717) is 72.8 Å². The summed E-state index contributed by atoms with van der Waals surface area (Å²) in [4.78, 5) is 3.95.